The highest BCUT2D eigenvalue weighted by Crippen LogP contribution is 2.53. The normalized spacial score (nSPS) is 33.0. The molecular weight excluding hydrogens is 350 g/mol. The minimum Gasteiger partial charge on any atom is -0.457 e. The Hall–Kier alpha value is -1.13. The molecule has 0 amide bonds. The number of hydrogen-bond acceptors (Lipinski definition) is 4. The summed E-state index contributed by atoms with van der Waals surface area (Å²) < 4.78 is 5.88. The van der Waals surface area contributed by atoms with Gasteiger partial charge in [-0.1, -0.05) is 26.8 Å². The van der Waals surface area contributed by atoms with Crippen molar-refractivity contribution in [2.24, 2.45) is 17.3 Å². The van der Waals surface area contributed by atoms with Crippen LogP contribution in [0.2, 0.25) is 0 Å². The third-order valence-corrected chi connectivity index (χ3v) is 6.26. The van der Waals surface area contributed by atoms with Gasteiger partial charge in [0, 0.05) is 23.5 Å². The van der Waals surface area contributed by atoms with Crippen molar-refractivity contribution in [3.63, 3.8) is 0 Å². The van der Waals surface area contributed by atoms with E-state index in [2.05, 4.69) is 25.7 Å². The number of hydrogen-bond donors (Lipinski definition) is 0. The van der Waals surface area contributed by atoms with Gasteiger partial charge in [-0.25, -0.2) is 0 Å². The largest absolute Gasteiger partial charge is 0.457 e. The molecular formula is C21H32ClNO3. The minimum atomic E-state index is -0.213. The molecule has 2 aliphatic carbocycles. The lowest BCUT2D eigenvalue weighted by molar-refractivity contribution is -0.144. The zero-order chi connectivity index (χ0) is 18.2. The fourth-order valence-electron chi connectivity index (χ4n) is 4.98. The van der Waals surface area contributed by atoms with E-state index < -0.39 is 0 Å². The van der Waals surface area contributed by atoms with Crippen LogP contribution in [-0.2, 0) is 14.3 Å². The Bertz CT molecular complexity index is 621. The van der Waals surface area contributed by atoms with E-state index in [4.69, 9.17) is 4.74 Å². The summed E-state index contributed by atoms with van der Waals surface area (Å²) in [7, 11) is 0. The van der Waals surface area contributed by atoms with Gasteiger partial charge in [-0.05, 0) is 57.3 Å². The molecule has 1 saturated carbocycles. The SMILES string of the molecule is CCCN(CCC)CC1C(=O)O[C@@H]2C3=C(C)C(=O)C=C[C@]3(C)CC[C@@H]12.Cl. The second-order valence-corrected chi connectivity index (χ2v) is 8.12. The Balaban J connectivity index is 0.00000243. The van der Waals surface area contributed by atoms with Gasteiger partial charge in [-0.3, -0.25) is 9.59 Å². The number of carbonyl (C=O) groups is 2. The molecule has 1 aliphatic heterocycles. The van der Waals surface area contributed by atoms with E-state index in [-0.39, 0.29) is 47.5 Å². The van der Waals surface area contributed by atoms with Crippen LogP contribution in [0, 0.1) is 17.3 Å². The summed E-state index contributed by atoms with van der Waals surface area (Å²) in [4.78, 5) is 27.3. The molecule has 4 nitrogen and oxygen atoms in total. The van der Waals surface area contributed by atoms with Gasteiger partial charge in [0.2, 0.25) is 0 Å². The number of allylic oxidation sites excluding steroid dienone is 3. The Morgan fingerprint density at radius 2 is 1.88 bits per heavy atom. The zero-order valence-corrected chi connectivity index (χ0v) is 17.2. The Labute approximate surface area is 163 Å². The number of halogens is 1. The molecule has 0 aromatic heterocycles. The second-order valence-electron chi connectivity index (χ2n) is 8.12. The third-order valence-electron chi connectivity index (χ3n) is 6.26. The molecule has 4 atom stereocenters. The van der Waals surface area contributed by atoms with E-state index in [0.717, 1.165) is 56.5 Å². The van der Waals surface area contributed by atoms with Crippen LogP contribution in [0.15, 0.2) is 23.3 Å². The molecule has 0 radical (unpaired) electrons. The first-order chi connectivity index (χ1) is 11.9. The number of rotatable bonds is 6. The summed E-state index contributed by atoms with van der Waals surface area (Å²) >= 11 is 0. The smallest absolute Gasteiger partial charge is 0.311 e. The van der Waals surface area contributed by atoms with Crippen LogP contribution in [0.25, 0.3) is 0 Å². The molecule has 3 aliphatic rings. The van der Waals surface area contributed by atoms with E-state index in [1.165, 1.54) is 0 Å². The lowest BCUT2D eigenvalue weighted by Crippen LogP contribution is -2.42. The first-order valence-electron chi connectivity index (χ1n) is 9.79. The van der Waals surface area contributed by atoms with E-state index in [1.807, 2.05) is 13.0 Å². The van der Waals surface area contributed by atoms with Crippen LogP contribution in [0.5, 0.6) is 0 Å². The fourth-order valence-corrected chi connectivity index (χ4v) is 4.98. The molecule has 5 heteroatoms. The predicted molar refractivity (Wildman–Crippen MR) is 105 cm³/mol. The molecule has 146 valence electrons. The van der Waals surface area contributed by atoms with Gasteiger partial charge in [0.05, 0.1) is 5.92 Å². The zero-order valence-electron chi connectivity index (χ0n) is 16.4. The van der Waals surface area contributed by atoms with Gasteiger partial charge >= 0.3 is 5.97 Å². The number of ether oxygens (including phenoxy) is 1. The van der Waals surface area contributed by atoms with Gasteiger partial charge in [-0.15, -0.1) is 12.4 Å². The number of carbonyl (C=O) groups excluding carboxylic acids is 2. The number of nitrogens with zero attached hydrogens (tertiary/aromatic N) is 1. The minimum absolute atomic E-state index is 0. The number of ketones is 1. The summed E-state index contributed by atoms with van der Waals surface area (Å²) in [5.74, 6) is 0.139. The van der Waals surface area contributed by atoms with Gasteiger partial charge < -0.3 is 9.64 Å². The van der Waals surface area contributed by atoms with E-state index in [0.29, 0.717) is 0 Å². The van der Waals surface area contributed by atoms with Crippen LogP contribution in [0.1, 0.15) is 53.4 Å². The molecule has 1 saturated heterocycles. The highest BCUT2D eigenvalue weighted by atomic mass is 35.5. The van der Waals surface area contributed by atoms with Gasteiger partial charge in [0.1, 0.15) is 6.10 Å². The molecule has 2 fully saturated rings. The maximum Gasteiger partial charge on any atom is 0.311 e. The molecule has 0 aromatic rings. The van der Waals surface area contributed by atoms with Gasteiger partial charge in [-0.2, -0.15) is 0 Å². The maximum absolute atomic E-state index is 12.7. The number of esters is 1. The summed E-state index contributed by atoms with van der Waals surface area (Å²) in [6.45, 7) is 11.3. The van der Waals surface area contributed by atoms with E-state index in [9.17, 15) is 9.59 Å². The summed E-state index contributed by atoms with van der Waals surface area (Å²) in [5, 5.41) is 0. The summed E-state index contributed by atoms with van der Waals surface area (Å²) in [5.41, 5.74) is 1.71. The predicted octanol–water partition coefficient (Wildman–Crippen LogP) is 3.94. The third kappa shape index (κ3) is 3.63. The monoisotopic (exact) mass is 381 g/mol. The molecule has 1 heterocycles. The van der Waals surface area contributed by atoms with Gasteiger partial charge in [0.25, 0.3) is 0 Å². The summed E-state index contributed by atoms with van der Waals surface area (Å²) in [6, 6.07) is 0. The fraction of sp³-hybridized carbons (Fsp3) is 0.714. The molecule has 0 bridgehead atoms. The van der Waals surface area contributed by atoms with Crippen molar-refractivity contribution in [1.82, 2.24) is 4.90 Å². The highest BCUT2D eigenvalue weighted by molar-refractivity contribution is 6.05. The summed E-state index contributed by atoms with van der Waals surface area (Å²) in [6.07, 6.45) is 7.66. The van der Waals surface area contributed by atoms with Crippen molar-refractivity contribution in [3.05, 3.63) is 23.3 Å². The lowest BCUT2D eigenvalue weighted by Gasteiger charge is -2.43. The van der Waals surface area contributed by atoms with Crippen LogP contribution in [-0.4, -0.2) is 42.4 Å². The second kappa shape index (κ2) is 8.26. The molecule has 1 unspecified atom stereocenters. The van der Waals surface area contributed by atoms with Crippen molar-refractivity contribution in [3.8, 4) is 0 Å². The molecule has 0 spiro atoms. The van der Waals surface area contributed by atoms with Crippen molar-refractivity contribution in [2.45, 2.75) is 59.5 Å². The first-order valence-corrected chi connectivity index (χ1v) is 9.79. The molecule has 0 N–H and O–H groups in total. The van der Waals surface area contributed by atoms with Gasteiger partial charge in [0.15, 0.2) is 5.78 Å². The molecule has 0 aromatic carbocycles. The average Bonchev–Trinajstić information content (AvgIpc) is 2.87. The van der Waals surface area contributed by atoms with Crippen LogP contribution >= 0.6 is 12.4 Å². The average molecular weight is 382 g/mol. The number of fused-ring (bicyclic) bond motifs is 3. The molecule has 26 heavy (non-hydrogen) atoms. The topological polar surface area (TPSA) is 46.6 Å². The quantitative estimate of drug-likeness (QED) is 0.654. The van der Waals surface area contributed by atoms with Crippen LogP contribution in [0.3, 0.4) is 0 Å². The highest BCUT2D eigenvalue weighted by Gasteiger charge is 2.54. The Morgan fingerprint density at radius 3 is 2.50 bits per heavy atom. The van der Waals surface area contributed by atoms with E-state index in [1.54, 1.807) is 6.08 Å². The standard InChI is InChI=1S/C21H31NO3.ClH/c1-5-11-22(12-6-2)13-16-15-7-9-21(4)10-8-17(23)14(3)18(21)19(15)25-20(16)24;/h8,10,15-16,19H,5-7,9,11-13H2,1-4H3;1H/t15-,16?,19-,21-;/m0./s1. The van der Waals surface area contributed by atoms with Crippen LogP contribution in [0.4, 0.5) is 0 Å². The maximum atomic E-state index is 12.7. The lowest BCUT2D eigenvalue weighted by atomic mass is 9.61. The Kier molecular flexibility index (Phi) is 6.73. The van der Waals surface area contributed by atoms with Crippen molar-refractivity contribution in [1.29, 1.82) is 0 Å². The Morgan fingerprint density at radius 1 is 1.23 bits per heavy atom. The van der Waals surface area contributed by atoms with Crippen molar-refractivity contribution < 1.29 is 14.3 Å². The molecule has 3 rings (SSSR count). The first kappa shape index (κ1) is 21.2. The van der Waals surface area contributed by atoms with Crippen molar-refractivity contribution in [2.75, 3.05) is 19.6 Å². The van der Waals surface area contributed by atoms with Crippen molar-refractivity contribution >= 4 is 24.2 Å². The van der Waals surface area contributed by atoms with Crippen LogP contribution < -0.4 is 0 Å². The van der Waals surface area contributed by atoms with E-state index >= 15 is 0 Å².